The van der Waals surface area contributed by atoms with Crippen LogP contribution < -0.4 is 0 Å². The first kappa shape index (κ1) is 25.4. The molecule has 1 unspecified atom stereocenters. The van der Waals surface area contributed by atoms with E-state index in [1.54, 1.807) is 16.2 Å². The molecule has 8 nitrogen and oxygen atoms in total. The quantitative estimate of drug-likeness (QED) is 0.349. The van der Waals surface area contributed by atoms with E-state index in [1.807, 2.05) is 29.2 Å². The summed E-state index contributed by atoms with van der Waals surface area (Å²) in [7, 11) is 0. The molecule has 0 spiro atoms. The largest absolute Gasteiger partial charge is 0.340 e. The molecule has 10 heteroatoms. The fourth-order valence-corrected chi connectivity index (χ4v) is 6.16. The van der Waals surface area contributed by atoms with Crippen LogP contribution in [0.2, 0.25) is 5.02 Å². The Labute approximate surface area is 224 Å². The van der Waals surface area contributed by atoms with Crippen molar-refractivity contribution < 1.29 is 14.5 Å². The number of nitro benzene ring substituents is 1. The van der Waals surface area contributed by atoms with Crippen molar-refractivity contribution in [3.05, 3.63) is 96.7 Å². The molecule has 3 heterocycles. The molecular weight excluding hydrogens is 512 g/mol. The lowest BCUT2D eigenvalue weighted by atomic mass is 9.93. The summed E-state index contributed by atoms with van der Waals surface area (Å²) in [5, 5.41) is 13.7. The third-order valence-electron chi connectivity index (χ3n) is 7.05. The lowest BCUT2D eigenvalue weighted by Crippen LogP contribution is -2.45. The summed E-state index contributed by atoms with van der Waals surface area (Å²) in [6, 6.07) is 15.7. The van der Waals surface area contributed by atoms with Crippen LogP contribution in [0.3, 0.4) is 0 Å². The molecule has 0 N–H and O–H groups in total. The van der Waals surface area contributed by atoms with Gasteiger partial charge >= 0.3 is 0 Å². The van der Waals surface area contributed by atoms with E-state index in [2.05, 4.69) is 16.3 Å². The van der Waals surface area contributed by atoms with Crippen molar-refractivity contribution in [1.82, 2.24) is 14.7 Å². The first-order valence-corrected chi connectivity index (χ1v) is 13.5. The molecule has 1 fully saturated rings. The maximum Gasteiger partial charge on any atom is 0.269 e. The Balaban J connectivity index is 1.25. The molecule has 192 valence electrons. The van der Waals surface area contributed by atoms with Gasteiger partial charge in [-0.3, -0.25) is 24.6 Å². The number of halogens is 1. The molecule has 0 radical (unpaired) electrons. The molecule has 2 aliphatic rings. The second-order valence-corrected chi connectivity index (χ2v) is 10.7. The van der Waals surface area contributed by atoms with Crippen LogP contribution in [0, 0.1) is 10.1 Å². The van der Waals surface area contributed by atoms with Crippen molar-refractivity contribution in [1.29, 1.82) is 0 Å². The van der Waals surface area contributed by atoms with E-state index in [0.29, 0.717) is 49.7 Å². The highest BCUT2D eigenvalue weighted by atomic mass is 35.5. The molecular formula is C27H27ClN4O4S. The summed E-state index contributed by atoms with van der Waals surface area (Å²) in [5.41, 5.74) is 2.74. The van der Waals surface area contributed by atoms with Crippen LogP contribution >= 0.6 is 22.9 Å². The fraction of sp³-hybridized carbons (Fsp3) is 0.333. The molecule has 3 aromatic rings. The molecule has 1 atom stereocenters. The van der Waals surface area contributed by atoms with Gasteiger partial charge in [-0.25, -0.2) is 0 Å². The van der Waals surface area contributed by atoms with E-state index in [1.165, 1.54) is 34.7 Å². The van der Waals surface area contributed by atoms with Crippen molar-refractivity contribution in [2.75, 3.05) is 39.3 Å². The number of non-ortho nitro benzene ring substituents is 1. The molecule has 0 aliphatic carbocycles. The Morgan fingerprint density at radius 3 is 2.38 bits per heavy atom. The Morgan fingerprint density at radius 2 is 1.65 bits per heavy atom. The molecule has 0 bridgehead atoms. The van der Waals surface area contributed by atoms with Gasteiger partial charge in [0.15, 0.2) is 0 Å². The van der Waals surface area contributed by atoms with Crippen molar-refractivity contribution in [3.8, 4) is 0 Å². The number of nitrogens with zero attached hydrogens (tertiary/aromatic N) is 4. The molecule has 2 amide bonds. The molecule has 2 aromatic carbocycles. The first-order chi connectivity index (χ1) is 17.9. The monoisotopic (exact) mass is 538 g/mol. The maximum absolute atomic E-state index is 13.4. The van der Waals surface area contributed by atoms with Crippen LogP contribution in [0.4, 0.5) is 5.69 Å². The summed E-state index contributed by atoms with van der Waals surface area (Å²) in [6.45, 7) is 3.11. The van der Waals surface area contributed by atoms with Gasteiger partial charge in [-0.15, -0.1) is 11.3 Å². The Kier molecular flexibility index (Phi) is 7.55. The van der Waals surface area contributed by atoms with E-state index in [4.69, 9.17) is 11.6 Å². The minimum atomic E-state index is -0.483. The number of amides is 2. The van der Waals surface area contributed by atoms with Gasteiger partial charge in [0.25, 0.3) is 11.6 Å². The SMILES string of the molecule is O=C(CN1CCc2sccc2C1c1ccc(Cl)cc1)N1CCCN(C(=O)c2ccc([N+](=O)[O-])cc2)CC1. The number of hydrogen-bond acceptors (Lipinski definition) is 6. The Bertz CT molecular complexity index is 1290. The summed E-state index contributed by atoms with van der Waals surface area (Å²) in [5.74, 6) is -0.115. The zero-order valence-corrected chi connectivity index (χ0v) is 21.8. The van der Waals surface area contributed by atoms with Crippen molar-refractivity contribution >= 4 is 40.4 Å². The van der Waals surface area contributed by atoms with E-state index >= 15 is 0 Å². The summed E-state index contributed by atoms with van der Waals surface area (Å²) < 4.78 is 0. The average Bonchev–Trinajstić information content (AvgIpc) is 3.24. The standard InChI is InChI=1S/C27H27ClN4O4S/c28-21-6-2-19(3-7-21)26-23-11-17-37-24(23)10-14-31(26)18-25(33)29-12-1-13-30(16-15-29)27(34)20-4-8-22(9-5-20)32(35)36/h2-9,11,17,26H,1,10,12-16,18H2. The highest BCUT2D eigenvalue weighted by Crippen LogP contribution is 2.38. The lowest BCUT2D eigenvalue weighted by molar-refractivity contribution is -0.384. The summed E-state index contributed by atoms with van der Waals surface area (Å²) in [6.07, 6.45) is 1.60. The van der Waals surface area contributed by atoms with Crippen molar-refractivity contribution in [2.45, 2.75) is 18.9 Å². The Hall–Kier alpha value is -3.27. The second-order valence-electron chi connectivity index (χ2n) is 9.30. The minimum Gasteiger partial charge on any atom is -0.340 e. The highest BCUT2D eigenvalue weighted by Gasteiger charge is 2.32. The average molecular weight is 539 g/mol. The number of nitro groups is 1. The number of fused-ring (bicyclic) bond motifs is 1. The minimum absolute atomic E-state index is 0.00316. The van der Waals surface area contributed by atoms with Crippen LogP contribution in [0.15, 0.2) is 60.0 Å². The molecule has 37 heavy (non-hydrogen) atoms. The lowest BCUT2D eigenvalue weighted by Gasteiger charge is -2.37. The van der Waals surface area contributed by atoms with Gasteiger partial charge in [0.05, 0.1) is 17.5 Å². The van der Waals surface area contributed by atoms with E-state index in [9.17, 15) is 19.7 Å². The third kappa shape index (κ3) is 5.53. The van der Waals surface area contributed by atoms with E-state index in [0.717, 1.165) is 18.5 Å². The zero-order chi connectivity index (χ0) is 25.9. The molecule has 2 aliphatic heterocycles. The molecule has 5 rings (SSSR count). The number of carbonyl (C=O) groups is 2. The number of rotatable bonds is 5. The normalized spacial score (nSPS) is 18.2. The maximum atomic E-state index is 13.4. The smallest absolute Gasteiger partial charge is 0.269 e. The van der Waals surface area contributed by atoms with Gasteiger partial charge in [0.1, 0.15) is 0 Å². The van der Waals surface area contributed by atoms with Crippen LogP contribution in [-0.2, 0) is 11.2 Å². The molecule has 1 aromatic heterocycles. The zero-order valence-electron chi connectivity index (χ0n) is 20.2. The van der Waals surface area contributed by atoms with Crippen molar-refractivity contribution in [3.63, 3.8) is 0 Å². The van der Waals surface area contributed by atoms with E-state index < -0.39 is 4.92 Å². The first-order valence-electron chi connectivity index (χ1n) is 12.3. The fourth-order valence-electron chi connectivity index (χ4n) is 5.13. The Morgan fingerprint density at radius 1 is 0.946 bits per heavy atom. The van der Waals surface area contributed by atoms with Gasteiger partial charge in [-0.2, -0.15) is 0 Å². The van der Waals surface area contributed by atoms with Gasteiger partial charge in [-0.05, 0) is 59.7 Å². The molecule has 1 saturated heterocycles. The number of thiophene rings is 1. The number of benzene rings is 2. The van der Waals surface area contributed by atoms with Gasteiger partial charge in [0.2, 0.25) is 5.91 Å². The van der Waals surface area contributed by atoms with Gasteiger partial charge < -0.3 is 9.80 Å². The van der Waals surface area contributed by atoms with Gasteiger partial charge in [0, 0.05) is 60.3 Å². The predicted molar refractivity (Wildman–Crippen MR) is 143 cm³/mol. The summed E-state index contributed by atoms with van der Waals surface area (Å²) in [4.78, 5) is 44.0. The van der Waals surface area contributed by atoms with Crippen molar-refractivity contribution in [2.24, 2.45) is 0 Å². The highest BCUT2D eigenvalue weighted by molar-refractivity contribution is 7.10. The van der Waals surface area contributed by atoms with Crippen LogP contribution in [-0.4, -0.2) is 70.7 Å². The van der Waals surface area contributed by atoms with Crippen LogP contribution in [0.5, 0.6) is 0 Å². The van der Waals surface area contributed by atoms with E-state index in [-0.39, 0.29) is 23.5 Å². The molecule has 0 saturated carbocycles. The third-order valence-corrected chi connectivity index (χ3v) is 8.30. The number of carbonyl (C=O) groups excluding carboxylic acids is 2. The predicted octanol–water partition coefficient (Wildman–Crippen LogP) is 4.63. The summed E-state index contributed by atoms with van der Waals surface area (Å²) >= 11 is 7.90. The second kappa shape index (κ2) is 11.0. The van der Waals surface area contributed by atoms with Gasteiger partial charge in [-0.1, -0.05) is 23.7 Å². The number of hydrogen-bond donors (Lipinski definition) is 0. The van der Waals surface area contributed by atoms with Crippen LogP contribution in [0.25, 0.3) is 0 Å². The topological polar surface area (TPSA) is 87.0 Å². The van der Waals surface area contributed by atoms with Crippen LogP contribution in [0.1, 0.15) is 38.8 Å².